The number of nitrogens with one attached hydrogen (secondary N) is 1. The molecule has 0 radical (unpaired) electrons. The zero-order valence-electron chi connectivity index (χ0n) is 11.1. The summed E-state index contributed by atoms with van der Waals surface area (Å²) in [5, 5.41) is 4.01. The van der Waals surface area contributed by atoms with Crippen LogP contribution in [0.3, 0.4) is 0 Å². The van der Waals surface area contributed by atoms with Crippen LogP contribution in [0, 0.1) is 0 Å². The number of amides is 1. The van der Waals surface area contributed by atoms with Crippen LogP contribution in [-0.4, -0.2) is 12.1 Å². The van der Waals surface area contributed by atoms with E-state index in [1.54, 1.807) is 18.3 Å². The second kappa shape index (κ2) is 7.01. The average molecular weight is 331 g/mol. The summed E-state index contributed by atoms with van der Waals surface area (Å²) < 4.78 is 0.867. The fourth-order valence-electron chi connectivity index (χ4n) is 1.74. The van der Waals surface area contributed by atoms with Crippen LogP contribution in [0.5, 0.6) is 0 Å². The summed E-state index contributed by atoms with van der Waals surface area (Å²) in [4.78, 5) is 11.9. The lowest BCUT2D eigenvalue weighted by Crippen LogP contribution is -2.18. The monoisotopic (exact) mass is 330 g/mol. The van der Waals surface area contributed by atoms with Crippen LogP contribution in [0.15, 0.2) is 64.2 Å². The van der Waals surface area contributed by atoms with Crippen molar-refractivity contribution in [3.8, 4) is 0 Å². The molecule has 4 heteroatoms. The molecule has 2 rings (SSSR count). The lowest BCUT2D eigenvalue weighted by Gasteiger charge is -2.05. The third-order valence-corrected chi connectivity index (χ3v) is 3.37. The molecule has 0 aliphatic carbocycles. The van der Waals surface area contributed by atoms with E-state index in [9.17, 15) is 4.79 Å². The molecular weight excluding hydrogens is 316 g/mol. The number of hydrogen-bond acceptors (Lipinski definition) is 2. The molecule has 0 saturated heterocycles. The van der Waals surface area contributed by atoms with Crippen molar-refractivity contribution >= 4 is 28.1 Å². The number of carbonyl (C=O) groups is 1. The summed E-state index contributed by atoms with van der Waals surface area (Å²) in [7, 11) is 0. The van der Waals surface area contributed by atoms with Gasteiger partial charge in [-0.3, -0.25) is 4.79 Å². The molecule has 0 saturated carbocycles. The normalized spacial score (nSPS) is 12.3. The van der Waals surface area contributed by atoms with Crippen LogP contribution < -0.4 is 5.43 Å². The molecule has 0 bridgehead atoms. The second-order valence-corrected chi connectivity index (χ2v) is 5.34. The maximum absolute atomic E-state index is 11.9. The fraction of sp³-hybridized carbons (Fsp3) is 0.125. The van der Waals surface area contributed by atoms with E-state index in [2.05, 4.69) is 26.5 Å². The topological polar surface area (TPSA) is 41.5 Å². The number of nitrogens with zero attached hydrogens (tertiary/aromatic N) is 1. The summed E-state index contributed by atoms with van der Waals surface area (Å²) in [5.41, 5.74) is 4.27. The van der Waals surface area contributed by atoms with Gasteiger partial charge in [0.25, 0.3) is 5.91 Å². The Morgan fingerprint density at radius 3 is 2.65 bits per heavy atom. The van der Waals surface area contributed by atoms with Gasteiger partial charge in [0.1, 0.15) is 0 Å². The minimum Gasteiger partial charge on any atom is -0.267 e. The molecule has 1 N–H and O–H groups in total. The lowest BCUT2D eigenvalue weighted by molar-refractivity contribution is 0.0955. The summed E-state index contributed by atoms with van der Waals surface area (Å²) >= 11 is 3.33. The van der Waals surface area contributed by atoms with Gasteiger partial charge in [0.15, 0.2) is 0 Å². The fourth-order valence-corrected chi connectivity index (χ4v) is 2.14. The van der Waals surface area contributed by atoms with E-state index in [0.29, 0.717) is 5.56 Å². The molecule has 0 heterocycles. The van der Waals surface area contributed by atoms with Gasteiger partial charge in [0.2, 0.25) is 0 Å². The average Bonchev–Trinajstić information content (AvgIpc) is 2.48. The summed E-state index contributed by atoms with van der Waals surface area (Å²) in [5.74, 6) is -0.0678. The van der Waals surface area contributed by atoms with Crippen LogP contribution >= 0.6 is 15.9 Å². The molecule has 0 aromatic heterocycles. The maximum atomic E-state index is 11.9. The molecule has 0 spiro atoms. The Hall–Kier alpha value is -1.94. The quantitative estimate of drug-likeness (QED) is 0.668. The molecule has 0 fully saturated rings. The number of hydrogen-bond donors (Lipinski definition) is 1. The van der Waals surface area contributed by atoms with Gasteiger partial charge in [0, 0.05) is 22.2 Å². The molecule has 20 heavy (non-hydrogen) atoms. The van der Waals surface area contributed by atoms with Gasteiger partial charge in [-0.15, -0.1) is 0 Å². The van der Waals surface area contributed by atoms with Crippen molar-refractivity contribution in [1.82, 2.24) is 5.43 Å². The molecule has 1 amide bonds. The number of benzene rings is 2. The summed E-state index contributed by atoms with van der Waals surface area (Å²) in [6.07, 6.45) is 1.73. The van der Waals surface area contributed by atoms with Crippen LogP contribution in [0.4, 0.5) is 0 Å². The molecule has 0 aliphatic heterocycles. The Labute approximate surface area is 126 Å². The van der Waals surface area contributed by atoms with Crippen molar-refractivity contribution in [3.63, 3.8) is 0 Å². The van der Waals surface area contributed by atoms with Crippen LogP contribution in [0.1, 0.15) is 28.8 Å². The van der Waals surface area contributed by atoms with E-state index in [1.807, 2.05) is 49.4 Å². The number of hydrazone groups is 1. The summed E-state index contributed by atoms with van der Waals surface area (Å²) in [6, 6.07) is 17.2. The lowest BCUT2D eigenvalue weighted by atomic mass is 10.0. The first kappa shape index (κ1) is 14.5. The molecular formula is C16H15BrN2O. The Morgan fingerprint density at radius 1 is 1.20 bits per heavy atom. The molecule has 2 aromatic carbocycles. The van der Waals surface area contributed by atoms with E-state index in [-0.39, 0.29) is 11.8 Å². The van der Waals surface area contributed by atoms with E-state index in [4.69, 9.17) is 0 Å². The Morgan fingerprint density at radius 2 is 1.95 bits per heavy atom. The second-order valence-electron chi connectivity index (χ2n) is 4.43. The van der Waals surface area contributed by atoms with Gasteiger partial charge < -0.3 is 0 Å². The van der Waals surface area contributed by atoms with Crippen molar-refractivity contribution in [1.29, 1.82) is 0 Å². The van der Waals surface area contributed by atoms with E-state index in [0.717, 1.165) is 10.0 Å². The highest BCUT2D eigenvalue weighted by atomic mass is 79.9. The smallest absolute Gasteiger partial charge is 0.267 e. The van der Waals surface area contributed by atoms with Gasteiger partial charge in [0.05, 0.1) is 0 Å². The highest BCUT2D eigenvalue weighted by Crippen LogP contribution is 2.12. The zero-order chi connectivity index (χ0) is 14.4. The minimum absolute atomic E-state index is 0.152. The van der Waals surface area contributed by atoms with Crippen molar-refractivity contribution in [2.45, 2.75) is 12.8 Å². The van der Waals surface area contributed by atoms with Crippen LogP contribution in [0.2, 0.25) is 0 Å². The maximum Gasteiger partial charge on any atom is 0.271 e. The van der Waals surface area contributed by atoms with E-state index in [1.165, 1.54) is 0 Å². The highest BCUT2D eigenvalue weighted by Gasteiger charge is 2.05. The predicted molar refractivity (Wildman–Crippen MR) is 85.0 cm³/mol. The third kappa shape index (κ3) is 4.03. The summed E-state index contributed by atoms with van der Waals surface area (Å²) in [6.45, 7) is 2.03. The first-order valence-corrected chi connectivity index (χ1v) is 7.10. The van der Waals surface area contributed by atoms with Crippen LogP contribution in [0.25, 0.3) is 0 Å². The van der Waals surface area contributed by atoms with E-state index >= 15 is 0 Å². The van der Waals surface area contributed by atoms with Gasteiger partial charge in [-0.05, 0) is 23.8 Å². The predicted octanol–water partition coefficient (Wildman–Crippen LogP) is 3.97. The van der Waals surface area contributed by atoms with Gasteiger partial charge in [-0.2, -0.15) is 5.10 Å². The third-order valence-electron chi connectivity index (χ3n) is 2.88. The number of carbonyl (C=O) groups excluding carboxylic acids is 1. The number of halogens is 1. The highest BCUT2D eigenvalue weighted by molar-refractivity contribution is 9.10. The molecule has 0 aliphatic rings. The number of rotatable bonds is 4. The largest absolute Gasteiger partial charge is 0.271 e. The van der Waals surface area contributed by atoms with Crippen molar-refractivity contribution in [3.05, 3.63) is 70.2 Å². The molecule has 3 nitrogen and oxygen atoms in total. The van der Waals surface area contributed by atoms with Crippen LogP contribution in [-0.2, 0) is 0 Å². The van der Waals surface area contributed by atoms with Crippen molar-refractivity contribution in [2.24, 2.45) is 5.10 Å². The Bertz CT molecular complexity index is 611. The zero-order valence-corrected chi connectivity index (χ0v) is 12.7. The van der Waals surface area contributed by atoms with Gasteiger partial charge in [-0.1, -0.05) is 59.3 Å². The van der Waals surface area contributed by atoms with Crippen molar-refractivity contribution in [2.75, 3.05) is 0 Å². The standard InChI is InChI=1S/C16H15BrN2O/c1-12(13-6-3-2-4-7-13)11-18-19-16(20)14-8-5-9-15(17)10-14/h2-12H,1H3,(H,19,20)/b18-11-/t12-/m1/s1. The van der Waals surface area contributed by atoms with Crippen molar-refractivity contribution < 1.29 is 4.79 Å². The molecule has 102 valence electrons. The Balaban J connectivity index is 1.95. The van der Waals surface area contributed by atoms with E-state index < -0.39 is 0 Å². The first-order chi connectivity index (χ1) is 9.66. The van der Waals surface area contributed by atoms with Gasteiger partial charge >= 0.3 is 0 Å². The molecule has 2 aromatic rings. The first-order valence-electron chi connectivity index (χ1n) is 6.31. The SMILES string of the molecule is C[C@H](/C=N\NC(=O)c1cccc(Br)c1)c1ccccc1. The molecule has 1 atom stereocenters. The van der Waals surface area contributed by atoms with Gasteiger partial charge in [-0.25, -0.2) is 5.43 Å². The Kier molecular flexibility index (Phi) is 5.07. The minimum atomic E-state index is -0.220. The molecule has 0 unspecified atom stereocenters.